The molecule has 1 aromatic carbocycles. The number of hydrogen-bond donors (Lipinski definition) is 1. The van der Waals surface area contributed by atoms with E-state index in [0.29, 0.717) is 13.1 Å². The van der Waals surface area contributed by atoms with Crippen LogP contribution in [0, 0.1) is 6.92 Å². The van der Waals surface area contributed by atoms with Crippen molar-refractivity contribution in [2.24, 2.45) is 0 Å². The van der Waals surface area contributed by atoms with Crippen LogP contribution in [0.15, 0.2) is 18.2 Å². The summed E-state index contributed by atoms with van der Waals surface area (Å²) in [6, 6.07) is 6.58. The van der Waals surface area contributed by atoms with E-state index >= 15 is 0 Å². The zero-order valence-electron chi connectivity index (χ0n) is 12.9. The van der Waals surface area contributed by atoms with Crippen LogP contribution in [0.5, 0.6) is 0 Å². The highest BCUT2D eigenvalue weighted by atomic mass is 32.1. The molecule has 1 N–H and O–H groups in total. The van der Waals surface area contributed by atoms with Gasteiger partial charge in [0.25, 0.3) is 0 Å². The van der Waals surface area contributed by atoms with Crippen LogP contribution >= 0.6 is 11.5 Å². The third-order valence-corrected chi connectivity index (χ3v) is 4.95. The van der Waals surface area contributed by atoms with Crippen LogP contribution in [-0.2, 0) is 25.9 Å². The van der Waals surface area contributed by atoms with Gasteiger partial charge in [0, 0.05) is 13.1 Å². The van der Waals surface area contributed by atoms with Crippen LogP contribution in [0.2, 0.25) is 0 Å². The molecule has 1 aromatic heterocycles. The quantitative estimate of drug-likeness (QED) is 0.947. The molecule has 0 aliphatic carbocycles. The van der Waals surface area contributed by atoms with Crippen LogP contribution in [0.1, 0.15) is 34.2 Å². The third-order valence-electron chi connectivity index (χ3n) is 4.12. The lowest BCUT2D eigenvalue weighted by Crippen LogP contribution is -2.42. The third kappa shape index (κ3) is 3.11. The Morgan fingerprint density at radius 2 is 2.27 bits per heavy atom. The van der Waals surface area contributed by atoms with Gasteiger partial charge >= 0.3 is 6.03 Å². The molecule has 0 saturated heterocycles. The summed E-state index contributed by atoms with van der Waals surface area (Å²) < 4.78 is 3.88. The van der Waals surface area contributed by atoms with Crippen molar-refractivity contribution in [1.29, 1.82) is 0 Å². The molecule has 0 fully saturated rings. The summed E-state index contributed by atoms with van der Waals surface area (Å²) in [6.07, 6.45) is 1.98. The molecule has 1 aliphatic heterocycles. The van der Waals surface area contributed by atoms with Gasteiger partial charge in [-0.05, 0) is 48.0 Å². The first-order chi connectivity index (χ1) is 10.7. The molecule has 0 atom stereocenters. The van der Waals surface area contributed by atoms with Crippen molar-refractivity contribution in [2.75, 3.05) is 6.54 Å². The van der Waals surface area contributed by atoms with E-state index in [4.69, 9.17) is 0 Å². The van der Waals surface area contributed by atoms with Crippen LogP contribution in [0.4, 0.5) is 4.79 Å². The van der Waals surface area contributed by atoms with Crippen molar-refractivity contribution >= 4 is 17.6 Å². The first-order valence-electron chi connectivity index (χ1n) is 7.58. The molecule has 0 spiro atoms. The van der Waals surface area contributed by atoms with Crippen molar-refractivity contribution in [3.05, 3.63) is 45.5 Å². The fourth-order valence-corrected chi connectivity index (χ4v) is 3.25. The molecule has 0 saturated carbocycles. The Balaban J connectivity index is 1.61. The number of benzene rings is 1. The summed E-state index contributed by atoms with van der Waals surface area (Å²) in [4.78, 5) is 15.2. The molecule has 6 heteroatoms. The molecule has 0 radical (unpaired) electrons. The highest BCUT2D eigenvalue weighted by molar-refractivity contribution is 7.05. The van der Waals surface area contributed by atoms with Gasteiger partial charge in [0.15, 0.2) is 0 Å². The maximum atomic E-state index is 12.3. The number of amides is 2. The summed E-state index contributed by atoms with van der Waals surface area (Å²) in [6.45, 7) is 6.03. The van der Waals surface area contributed by atoms with E-state index in [1.54, 1.807) is 0 Å². The Hall–Kier alpha value is -1.95. The molecule has 0 unspecified atom stereocenters. The number of rotatable bonds is 3. The van der Waals surface area contributed by atoms with Crippen molar-refractivity contribution in [3.63, 3.8) is 0 Å². The molecule has 5 nitrogen and oxygen atoms in total. The summed E-state index contributed by atoms with van der Waals surface area (Å²) in [5, 5.41) is 6.92. The number of fused-ring (bicyclic) bond motifs is 1. The second-order valence-corrected chi connectivity index (χ2v) is 6.41. The second kappa shape index (κ2) is 6.44. The Labute approximate surface area is 134 Å². The van der Waals surface area contributed by atoms with E-state index in [-0.39, 0.29) is 6.03 Å². The SMILES string of the molecule is CCc1ccc2c(c1)CCN(C(=O)NCc1snnc1C)C2. The van der Waals surface area contributed by atoms with E-state index in [0.717, 1.165) is 30.0 Å². The number of hydrogen-bond acceptors (Lipinski definition) is 4. The van der Waals surface area contributed by atoms with Gasteiger partial charge in [0.05, 0.1) is 17.1 Å². The van der Waals surface area contributed by atoms with Gasteiger partial charge in [-0.25, -0.2) is 4.79 Å². The van der Waals surface area contributed by atoms with Gasteiger partial charge in [-0.15, -0.1) is 5.10 Å². The van der Waals surface area contributed by atoms with Gasteiger partial charge in [-0.2, -0.15) is 0 Å². The fourth-order valence-electron chi connectivity index (χ4n) is 2.68. The van der Waals surface area contributed by atoms with Gasteiger partial charge in [0.2, 0.25) is 0 Å². The monoisotopic (exact) mass is 316 g/mol. The fraction of sp³-hybridized carbons (Fsp3) is 0.438. The summed E-state index contributed by atoms with van der Waals surface area (Å²) >= 11 is 1.34. The maximum absolute atomic E-state index is 12.3. The summed E-state index contributed by atoms with van der Waals surface area (Å²) in [5.41, 5.74) is 4.89. The smallest absolute Gasteiger partial charge is 0.318 e. The van der Waals surface area contributed by atoms with Crippen LogP contribution < -0.4 is 5.32 Å². The average Bonchev–Trinajstić information content (AvgIpc) is 2.96. The largest absolute Gasteiger partial charge is 0.333 e. The molecule has 0 bridgehead atoms. The molecule has 2 amide bonds. The minimum absolute atomic E-state index is 0.0157. The summed E-state index contributed by atoms with van der Waals surface area (Å²) in [7, 11) is 0. The standard InChI is InChI=1S/C16H20N4OS/c1-3-12-4-5-14-10-20(7-6-13(14)8-12)16(21)17-9-15-11(2)18-19-22-15/h4-5,8H,3,6-7,9-10H2,1-2H3,(H,17,21). The Morgan fingerprint density at radius 1 is 1.41 bits per heavy atom. The molecule has 22 heavy (non-hydrogen) atoms. The lowest BCUT2D eigenvalue weighted by atomic mass is 9.97. The maximum Gasteiger partial charge on any atom is 0.318 e. The lowest BCUT2D eigenvalue weighted by molar-refractivity contribution is 0.192. The molecular formula is C16H20N4OS. The number of urea groups is 1. The van der Waals surface area contributed by atoms with E-state index in [9.17, 15) is 4.79 Å². The minimum atomic E-state index is -0.0157. The van der Waals surface area contributed by atoms with Crippen molar-refractivity contribution in [1.82, 2.24) is 19.8 Å². The number of nitrogens with one attached hydrogen (secondary N) is 1. The molecule has 116 valence electrons. The van der Waals surface area contributed by atoms with Gasteiger partial charge in [-0.3, -0.25) is 0 Å². The number of aryl methyl sites for hydroxylation is 2. The van der Waals surface area contributed by atoms with Crippen molar-refractivity contribution in [3.8, 4) is 0 Å². The highest BCUT2D eigenvalue weighted by Crippen LogP contribution is 2.21. The zero-order valence-corrected chi connectivity index (χ0v) is 13.7. The number of carbonyl (C=O) groups excluding carboxylic acids is 1. The topological polar surface area (TPSA) is 58.1 Å². The average molecular weight is 316 g/mol. The second-order valence-electron chi connectivity index (χ2n) is 5.57. The number of aromatic nitrogens is 2. The molecular weight excluding hydrogens is 296 g/mol. The normalized spacial score (nSPS) is 13.8. The van der Waals surface area contributed by atoms with Crippen LogP contribution in [-0.4, -0.2) is 27.1 Å². The number of carbonyl (C=O) groups is 1. The van der Waals surface area contributed by atoms with Gasteiger partial charge < -0.3 is 10.2 Å². The molecule has 2 aromatic rings. The Bertz CT molecular complexity index is 683. The first kappa shape index (κ1) is 15.0. The Kier molecular flexibility index (Phi) is 4.38. The minimum Gasteiger partial charge on any atom is -0.333 e. The molecule has 3 rings (SSSR count). The van der Waals surface area contributed by atoms with Crippen LogP contribution in [0.25, 0.3) is 0 Å². The van der Waals surface area contributed by atoms with Crippen molar-refractivity contribution < 1.29 is 4.79 Å². The predicted octanol–water partition coefficient (Wildman–Crippen LogP) is 2.68. The molecule has 1 aliphatic rings. The number of nitrogens with zero attached hydrogens (tertiary/aromatic N) is 3. The lowest BCUT2D eigenvalue weighted by Gasteiger charge is -2.29. The van der Waals surface area contributed by atoms with Crippen LogP contribution in [0.3, 0.4) is 0 Å². The Morgan fingerprint density at radius 3 is 3.00 bits per heavy atom. The molecule has 2 heterocycles. The van der Waals surface area contributed by atoms with E-state index in [1.165, 1.54) is 28.2 Å². The first-order valence-corrected chi connectivity index (χ1v) is 8.36. The van der Waals surface area contributed by atoms with Crippen molar-refractivity contribution in [2.45, 2.75) is 39.8 Å². The highest BCUT2D eigenvalue weighted by Gasteiger charge is 2.20. The van der Waals surface area contributed by atoms with Gasteiger partial charge in [0.1, 0.15) is 0 Å². The summed E-state index contributed by atoms with van der Waals surface area (Å²) in [5.74, 6) is 0. The van der Waals surface area contributed by atoms with E-state index in [2.05, 4.69) is 40.0 Å². The van der Waals surface area contributed by atoms with Gasteiger partial charge in [-0.1, -0.05) is 29.6 Å². The van der Waals surface area contributed by atoms with E-state index in [1.807, 2.05) is 11.8 Å². The van der Waals surface area contributed by atoms with E-state index < -0.39 is 0 Å². The predicted molar refractivity (Wildman–Crippen MR) is 86.8 cm³/mol. The zero-order chi connectivity index (χ0) is 15.5.